The first kappa shape index (κ1) is 26.0. The predicted octanol–water partition coefficient (Wildman–Crippen LogP) is 5.33. The zero-order valence-corrected chi connectivity index (χ0v) is 20.8. The minimum Gasteiger partial charge on any atom is -0.497 e. The van der Waals surface area contributed by atoms with Gasteiger partial charge in [-0.25, -0.2) is 4.39 Å². The van der Waals surface area contributed by atoms with Gasteiger partial charge in [-0.2, -0.15) is 0 Å². The van der Waals surface area contributed by atoms with Crippen LogP contribution >= 0.6 is 0 Å². The Labute approximate surface area is 211 Å². The number of halogens is 1. The van der Waals surface area contributed by atoms with Gasteiger partial charge in [0.15, 0.2) is 0 Å². The highest BCUT2D eigenvalue weighted by Crippen LogP contribution is 2.40. The predicted molar refractivity (Wildman–Crippen MR) is 138 cm³/mol. The van der Waals surface area contributed by atoms with Gasteiger partial charge in [0.2, 0.25) is 0 Å². The van der Waals surface area contributed by atoms with Crippen LogP contribution in [-0.2, 0) is 17.9 Å². The van der Waals surface area contributed by atoms with Gasteiger partial charge >= 0.3 is 5.97 Å². The normalized spacial score (nSPS) is 16.6. The van der Waals surface area contributed by atoms with E-state index in [1.54, 1.807) is 25.3 Å². The number of hydrogen-bond donors (Lipinski definition) is 2. The van der Waals surface area contributed by atoms with Crippen LogP contribution in [0, 0.1) is 5.41 Å². The topological polar surface area (TPSA) is 82.9 Å². The number of nitrogens with zero attached hydrogens (tertiary/aromatic N) is 2. The Bertz CT molecular complexity index is 1160. The number of methoxy groups -OCH3 is 1. The number of aryl methyl sites for hydroxylation is 1. The summed E-state index contributed by atoms with van der Waals surface area (Å²) in [6, 6.07) is 15.7. The molecule has 1 aliphatic rings. The van der Waals surface area contributed by atoms with Gasteiger partial charge in [-0.1, -0.05) is 30.3 Å². The molecule has 6 nitrogen and oxygen atoms in total. The molecule has 0 bridgehead atoms. The number of fused-ring (bicyclic) bond motifs is 1. The average molecular weight is 495 g/mol. The molecule has 1 saturated heterocycles. The van der Waals surface area contributed by atoms with Gasteiger partial charge in [-0.05, 0) is 87.5 Å². The molecule has 0 spiro atoms. The van der Waals surface area contributed by atoms with Gasteiger partial charge in [0.1, 0.15) is 12.4 Å². The fourth-order valence-electron chi connectivity index (χ4n) is 5.34. The van der Waals surface area contributed by atoms with Gasteiger partial charge in [-0.3, -0.25) is 9.78 Å². The number of aliphatic hydroxyl groups excluding tert-OH is 1. The number of aliphatic hydroxyl groups is 1. The molecule has 192 valence electrons. The molecule has 36 heavy (non-hydrogen) atoms. The summed E-state index contributed by atoms with van der Waals surface area (Å²) < 4.78 is 19.1. The summed E-state index contributed by atoms with van der Waals surface area (Å²) in [6.07, 6.45) is 4.16. The highest BCUT2D eigenvalue weighted by atomic mass is 19.1. The molecular formula is C29H35FN2O4. The number of carboxylic acid groups (broad SMARTS) is 1. The van der Waals surface area contributed by atoms with Crippen molar-refractivity contribution < 1.29 is 24.1 Å². The molecular weight excluding hydrogens is 459 g/mol. The zero-order valence-electron chi connectivity index (χ0n) is 20.8. The van der Waals surface area contributed by atoms with Crippen molar-refractivity contribution in [2.75, 3.05) is 26.7 Å². The second-order valence-corrected chi connectivity index (χ2v) is 9.78. The van der Waals surface area contributed by atoms with E-state index < -0.39 is 24.2 Å². The smallest absolute Gasteiger partial charge is 0.309 e. The van der Waals surface area contributed by atoms with E-state index in [1.807, 2.05) is 18.2 Å². The number of pyridine rings is 1. The maximum Gasteiger partial charge on any atom is 0.309 e. The Morgan fingerprint density at radius 3 is 2.61 bits per heavy atom. The Hall–Kier alpha value is -3.03. The van der Waals surface area contributed by atoms with E-state index >= 15 is 0 Å². The summed E-state index contributed by atoms with van der Waals surface area (Å²) >= 11 is 0. The van der Waals surface area contributed by atoms with E-state index in [-0.39, 0.29) is 6.42 Å². The van der Waals surface area contributed by atoms with E-state index in [1.165, 1.54) is 11.8 Å². The second-order valence-electron chi connectivity index (χ2n) is 9.78. The zero-order chi connectivity index (χ0) is 25.5. The summed E-state index contributed by atoms with van der Waals surface area (Å²) in [5.74, 6) is -0.221. The van der Waals surface area contributed by atoms with Crippen molar-refractivity contribution in [2.24, 2.45) is 5.41 Å². The molecule has 7 heteroatoms. The van der Waals surface area contributed by atoms with Gasteiger partial charge in [0, 0.05) is 17.1 Å². The summed E-state index contributed by atoms with van der Waals surface area (Å²) in [5.41, 5.74) is 1.87. The van der Waals surface area contributed by atoms with Crippen molar-refractivity contribution in [2.45, 2.75) is 51.3 Å². The third-order valence-electron chi connectivity index (χ3n) is 7.62. The van der Waals surface area contributed by atoms with Crippen LogP contribution in [-0.4, -0.2) is 52.8 Å². The number of hydrogen-bond acceptors (Lipinski definition) is 5. The molecule has 0 aliphatic carbocycles. The number of carboxylic acids is 1. The molecule has 1 atom stereocenters. The number of ether oxygens (including phenoxy) is 1. The summed E-state index contributed by atoms with van der Waals surface area (Å²) in [5, 5.41) is 21.9. The summed E-state index contributed by atoms with van der Waals surface area (Å²) in [6.45, 7) is 1.64. The van der Waals surface area contributed by atoms with Gasteiger partial charge in [0.25, 0.3) is 0 Å². The lowest BCUT2D eigenvalue weighted by atomic mass is 9.73. The molecule has 1 aromatic heterocycles. The van der Waals surface area contributed by atoms with Crippen molar-refractivity contribution in [3.8, 4) is 5.75 Å². The third-order valence-corrected chi connectivity index (χ3v) is 7.62. The van der Waals surface area contributed by atoms with Crippen molar-refractivity contribution in [3.05, 3.63) is 71.4 Å². The van der Waals surface area contributed by atoms with Crippen molar-refractivity contribution in [3.63, 3.8) is 0 Å². The number of rotatable bonds is 11. The quantitative estimate of drug-likeness (QED) is 0.375. The monoisotopic (exact) mass is 494 g/mol. The number of aliphatic carboxylic acids is 1. The molecule has 2 aromatic carbocycles. The van der Waals surface area contributed by atoms with Gasteiger partial charge < -0.3 is 19.8 Å². The first-order valence-electron chi connectivity index (χ1n) is 12.6. The minimum atomic E-state index is -0.992. The van der Waals surface area contributed by atoms with E-state index in [4.69, 9.17) is 4.74 Å². The van der Waals surface area contributed by atoms with Gasteiger partial charge in [-0.15, -0.1) is 0 Å². The SMILES string of the molecule is COc1ccc2ncc(CF)c(C(O)CCC3(C(=O)O)CCN(CCCc4ccccc4)CC3)c2c1. The lowest BCUT2D eigenvalue weighted by molar-refractivity contribution is -0.153. The van der Waals surface area contributed by atoms with Crippen molar-refractivity contribution >= 4 is 16.9 Å². The molecule has 2 heterocycles. The first-order valence-corrected chi connectivity index (χ1v) is 12.6. The largest absolute Gasteiger partial charge is 0.497 e. The molecule has 0 saturated carbocycles. The van der Waals surface area contributed by atoms with Crippen LogP contribution in [0.15, 0.2) is 54.7 Å². The highest BCUT2D eigenvalue weighted by molar-refractivity contribution is 5.85. The van der Waals surface area contributed by atoms with Crippen LogP contribution in [0.4, 0.5) is 4.39 Å². The molecule has 4 rings (SSSR count). The van der Waals surface area contributed by atoms with Crippen LogP contribution in [0.5, 0.6) is 5.75 Å². The molecule has 0 amide bonds. The number of piperidine rings is 1. The first-order chi connectivity index (χ1) is 17.5. The van der Waals surface area contributed by atoms with Crippen LogP contribution < -0.4 is 4.74 Å². The lowest BCUT2D eigenvalue weighted by Gasteiger charge is -2.39. The van der Waals surface area contributed by atoms with E-state index in [0.29, 0.717) is 47.0 Å². The Kier molecular flexibility index (Phi) is 8.54. The summed E-state index contributed by atoms with van der Waals surface area (Å²) in [4.78, 5) is 19.0. The Balaban J connectivity index is 1.40. The average Bonchev–Trinajstić information content (AvgIpc) is 2.92. The molecule has 1 unspecified atom stereocenters. The number of carbonyl (C=O) groups is 1. The van der Waals surface area contributed by atoms with Crippen LogP contribution in [0.1, 0.15) is 54.9 Å². The fraction of sp³-hybridized carbons (Fsp3) is 0.448. The summed E-state index contributed by atoms with van der Waals surface area (Å²) in [7, 11) is 1.55. The number of aromatic nitrogens is 1. The van der Waals surface area contributed by atoms with E-state index in [0.717, 1.165) is 32.5 Å². The second kappa shape index (κ2) is 11.8. The van der Waals surface area contributed by atoms with E-state index in [2.05, 4.69) is 22.0 Å². The van der Waals surface area contributed by atoms with Crippen molar-refractivity contribution in [1.82, 2.24) is 9.88 Å². The lowest BCUT2D eigenvalue weighted by Crippen LogP contribution is -2.44. The number of alkyl halides is 1. The maximum atomic E-state index is 13.8. The molecule has 2 N–H and O–H groups in total. The van der Waals surface area contributed by atoms with Crippen molar-refractivity contribution in [1.29, 1.82) is 0 Å². The number of benzene rings is 2. The van der Waals surface area contributed by atoms with Gasteiger partial charge in [0.05, 0.1) is 24.1 Å². The fourth-order valence-corrected chi connectivity index (χ4v) is 5.34. The maximum absolute atomic E-state index is 13.8. The standard InChI is InChI=1S/C29H35FN2O4/c1-36-23-9-10-25-24(18-23)27(22(19-30)20-31-25)26(33)11-12-29(28(34)35)13-16-32(17-14-29)15-5-8-21-6-3-2-4-7-21/h2-4,6-7,9-10,18,20,26,33H,5,8,11-17,19H2,1H3,(H,34,35). The van der Waals surface area contributed by atoms with Crippen LogP contribution in [0.25, 0.3) is 10.9 Å². The number of likely N-dealkylation sites (tertiary alicyclic amines) is 1. The van der Waals surface area contributed by atoms with E-state index in [9.17, 15) is 19.4 Å². The molecule has 0 radical (unpaired) electrons. The highest BCUT2D eigenvalue weighted by Gasteiger charge is 2.41. The molecule has 1 aliphatic heterocycles. The Morgan fingerprint density at radius 1 is 1.19 bits per heavy atom. The minimum absolute atomic E-state index is 0.240. The molecule has 3 aromatic rings. The Morgan fingerprint density at radius 2 is 1.94 bits per heavy atom. The third kappa shape index (κ3) is 5.85. The van der Waals surface area contributed by atoms with Crippen LogP contribution in [0.3, 0.4) is 0 Å². The molecule has 1 fully saturated rings. The van der Waals surface area contributed by atoms with Crippen LogP contribution in [0.2, 0.25) is 0 Å².